The van der Waals surface area contributed by atoms with Gasteiger partial charge in [-0.2, -0.15) is 0 Å². The number of aromatic nitrogens is 1. The summed E-state index contributed by atoms with van der Waals surface area (Å²) in [5, 5.41) is 5.86. The zero-order chi connectivity index (χ0) is 20.0. The standard InChI is InChI=1S/C18H21N3O5S/c1-10(2)15(16(22)20-18(19)24)25-17(23)13-6-4-5-7-14(13)27-9-12-8-11(3)26-21-12/h4-8,10,15H,9H2,1-3H3,(H3,19,20,22,24)/t15-/m0/s1. The number of nitrogens with one attached hydrogen (secondary N) is 1. The zero-order valence-corrected chi connectivity index (χ0v) is 16.0. The Kier molecular flexibility index (Phi) is 7.00. The number of rotatable bonds is 7. The van der Waals surface area contributed by atoms with Gasteiger partial charge in [0, 0.05) is 16.7 Å². The van der Waals surface area contributed by atoms with Crippen LogP contribution in [0.5, 0.6) is 0 Å². The topological polar surface area (TPSA) is 125 Å². The average Bonchev–Trinajstić information content (AvgIpc) is 3.02. The third-order valence-electron chi connectivity index (χ3n) is 3.50. The van der Waals surface area contributed by atoms with Gasteiger partial charge < -0.3 is 15.0 Å². The summed E-state index contributed by atoms with van der Waals surface area (Å²) in [6, 6.07) is 7.71. The third kappa shape index (κ3) is 5.85. The Morgan fingerprint density at radius 1 is 1.30 bits per heavy atom. The van der Waals surface area contributed by atoms with Gasteiger partial charge in [-0.3, -0.25) is 10.1 Å². The van der Waals surface area contributed by atoms with Crippen LogP contribution in [-0.4, -0.2) is 29.2 Å². The van der Waals surface area contributed by atoms with Crippen LogP contribution in [-0.2, 0) is 15.3 Å². The molecule has 0 saturated carbocycles. The van der Waals surface area contributed by atoms with Crippen LogP contribution in [0.2, 0.25) is 0 Å². The molecule has 0 fully saturated rings. The number of nitrogens with zero attached hydrogens (tertiary/aromatic N) is 1. The Hall–Kier alpha value is -2.81. The second kappa shape index (κ2) is 9.22. The number of amides is 3. The Morgan fingerprint density at radius 2 is 2.00 bits per heavy atom. The summed E-state index contributed by atoms with van der Waals surface area (Å²) < 4.78 is 10.4. The van der Waals surface area contributed by atoms with E-state index in [1.807, 2.05) is 11.4 Å². The fourth-order valence-electron chi connectivity index (χ4n) is 2.26. The Labute approximate surface area is 160 Å². The molecule has 1 atom stereocenters. The van der Waals surface area contributed by atoms with E-state index in [2.05, 4.69) is 5.16 Å². The van der Waals surface area contributed by atoms with Gasteiger partial charge in [0.1, 0.15) is 5.76 Å². The third-order valence-corrected chi connectivity index (χ3v) is 4.61. The second-order valence-corrected chi connectivity index (χ2v) is 7.15. The number of carbonyl (C=O) groups excluding carboxylic acids is 3. The normalized spacial score (nSPS) is 11.9. The number of hydrogen-bond acceptors (Lipinski definition) is 7. The lowest BCUT2D eigenvalue weighted by Gasteiger charge is -2.20. The Morgan fingerprint density at radius 3 is 2.59 bits per heavy atom. The summed E-state index contributed by atoms with van der Waals surface area (Å²) in [7, 11) is 0. The molecule has 0 unspecified atom stereocenters. The van der Waals surface area contributed by atoms with Crippen molar-refractivity contribution in [2.45, 2.75) is 37.5 Å². The molecule has 2 rings (SSSR count). The minimum Gasteiger partial charge on any atom is -0.448 e. The SMILES string of the molecule is Cc1cc(CSc2ccccc2C(=O)O[C@H](C(=O)NC(N)=O)C(C)C)no1. The minimum atomic E-state index is -1.14. The van der Waals surface area contributed by atoms with Gasteiger partial charge in [-0.15, -0.1) is 11.8 Å². The lowest BCUT2D eigenvalue weighted by molar-refractivity contribution is -0.130. The van der Waals surface area contributed by atoms with Gasteiger partial charge in [-0.25, -0.2) is 9.59 Å². The summed E-state index contributed by atoms with van der Waals surface area (Å²) in [6.07, 6.45) is -1.14. The molecule has 1 aromatic heterocycles. The molecule has 0 radical (unpaired) electrons. The molecule has 3 N–H and O–H groups in total. The highest BCUT2D eigenvalue weighted by Gasteiger charge is 2.28. The van der Waals surface area contributed by atoms with E-state index >= 15 is 0 Å². The first-order valence-corrected chi connectivity index (χ1v) is 9.21. The van der Waals surface area contributed by atoms with E-state index in [1.54, 1.807) is 45.0 Å². The average molecular weight is 391 g/mol. The van der Waals surface area contributed by atoms with Gasteiger partial charge in [-0.1, -0.05) is 31.1 Å². The van der Waals surface area contributed by atoms with Gasteiger partial charge in [0.05, 0.1) is 11.3 Å². The van der Waals surface area contributed by atoms with Crippen molar-refractivity contribution in [2.24, 2.45) is 11.7 Å². The van der Waals surface area contributed by atoms with Crippen LogP contribution < -0.4 is 11.1 Å². The van der Waals surface area contributed by atoms with Gasteiger partial charge in [0.15, 0.2) is 6.10 Å². The van der Waals surface area contributed by atoms with E-state index in [1.165, 1.54) is 11.8 Å². The first-order chi connectivity index (χ1) is 12.8. The van der Waals surface area contributed by atoms with Crippen molar-refractivity contribution < 1.29 is 23.6 Å². The molecule has 1 heterocycles. The molecule has 0 bridgehead atoms. The molecule has 1 aromatic carbocycles. The van der Waals surface area contributed by atoms with Crippen LogP contribution in [0.1, 0.15) is 35.7 Å². The number of imide groups is 1. The molecule has 144 valence electrons. The predicted molar refractivity (Wildman–Crippen MR) is 99.0 cm³/mol. The number of nitrogens with two attached hydrogens (primary N) is 1. The van der Waals surface area contributed by atoms with Crippen LogP contribution in [0.4, 0.5) is 4.79 Å². The number of esters is 1. The molecular weight excluding hydrogens is 370 g/mol. The lowest BCUT2D eigenvalue weighted by Crippen LogP contribution is -2.45. The number of hydrogen-bond donors (Lipinski definition) is 2. The molecule has 3 amide bonds. The molecule has 0 saturated heterocycles. The molecule has 27 heavy (non-hydrogen) atoms. The molecule has 2 aromatic rings. The summed E-state index contributed by atoms with van der Waals surface area (Å²) in [6.45, 7) is 5.20. The smallest absolute Gasteiger partial charge is 0.340 e. The number of thioether (sulfide) groups is 1. The van der Waals surface area contributed by atoms with Gasteiger partial charge >= 0.3 is 12.0 Å². The summed E-state index contributed by atoms with van der Waals surface area (Å²) in [4.78, 5) is 36.2. The van der Waals surface area contributed by atoms with E-state index < -0.39 is 24.0 Å². The van der Waals surface area contributed by atoms with Gasteiger partial charge in [-0.05, 0) is 25.0 Å². The van der Waals surface area contributed by atoms with Crippen LogP contribution in [0, 0.1) is 12.8 Å². The van der Waals surface area contributed by atoms with Crippen molar-refractivity contribution in [3.8, 4) is 0 Å². The number of carbonyl (C=O) groups is 3. The van der Waals surface area contributed by atoms with Crippen LogP contribution in [0.15, 0.2) is 39.8 Å². The zero-order valence-electron chi connectivity index (χ0n) is 15.2. The number of benzene rings is 1. The van der Waals surface area contributed by atoms with Crippen molar-refractivity contribution in [3.05, 3.63) is 47.3 Å². The van der Waals surface area contributed by atoms with E-state index in [0.717, 1.165) is 5.69 Å². The molecule has 9 heteroatoms. The van der Waals surface area contributed by atoms with Crippen molar-refractivity contribution in [3.63, 3.8) is 0 Å². The van der Waals surface area contributed by atoms with Crippen LogP contribution in [0.25, 0.3) is 0 Å². The molecule has 0 aliphatic heterocycles. The number of ether oxygens (including phenoxy) is 1. The largest absolute Gasteiger partial charge is 0.448 e. The minimum absolute atomic E-state index is 0.320. The first kappa shape index (κ1) is 20.5. The van der Waals surface area contributed by atoms with Crippen LogP contribution >= 0.6 is 11.8 Å². The summed E-state index contributed by atoms with van der Waals surface area (Å²) in [5.41, 5.74) is 6.04. The maximum Gasteiger partial charge on any atom is 0.340 e. The fraction of sp³-hybridized carbons (Fsp3) is 0.333. The number of primary amides is 1. The molecular formula is C18H21N3O5S. The monoisotopic (exact) mass is 391 g/mol. The fourth-order valence-corrected chi connectivity index (χ4v) is 3.18. The first-order valence-electron chi connectivity index (χ1n) is 8.23. The second-order valence-electron chi connectivity index (χ2n) is 6.14. The van der Waals surface area contributed by atoms with Crippen molar-refractivity contribution in [1.82, 2.24) is 10.5 Å². The highest BCUT2D eigenvalue weighted by Crippen LogP contribution is 2.27. The van der Waals surface area contributed by atoms with E-state index in [0.29, 0.717) is 22.0 Å². The van der Waals surface area contributed by atoms with Gasteiger partial charge in [0.2, 0.25) is 0 Å². The maximum absolute atomic E-state index is 12.6. The predicted octanol–water partition coefficient (Wildman–Crippen LogP) is 2.65. The van der Waals surface area contributed by atoms with E-state index in [-0.39, 0.29) is 5.92 Å². The lowest BCUT2D eigenvalue weighted by atomic mass is 10.1. The Bertz CT molecular complexity index is 834. The molecule has 8 nitrogen and oxygen atoms in total. The number of aryl methyl sites for hydroxylation is 1. The molecule has 0 aliphatic rings. The van der Waals surface area contributed by atoms with Crippen molar-refractivity contribution in [1.29, 1.82) is 0 Å². The Balaban J connectivity index is 2.12. The van der Waals surface area contributed by atoms with Gasteiger partial charge in [0.25, 0.3) is 5.91 Å². The van der Waals surface area contributed by atoms with E-state index in [9.17, 15) is 14.4 Å². The highest BCUT2D eigenvalue weighted by molar-refractivity contribution is 7.98. The molecule has 0 aliphatic carbocycles. The number of urea groups is 1. The van der Waals surface area contributed by atoms with Crippen molar-refractivity contribution in [2.75, 3.05) is 0 Å². The maximum atomic E-state index is 12.6. The van der Waals surface area contributed by atoms with Crippen molar-refractivity contribution >= 4 is 29.7 Å². The summed E-state index contributed by atoms with van der Waals surface area (Å²) >= 11 is 1.40. The van der Waals surface area contributed by atoms with Crippen LogP contribution in [0.3, 0.4) is 0 Å². The highest BCUT2D eigenvalue weighted by atomic mass is 32.2. The summed E-state index contributed by atoms with van der Waals surface area (Å²) in [5.74, 6) is -0.538. The molecule has 0 spiro atoms. The quantitative estimate of drug-likeness (QED) is 0.549. The van der Waals surface area contributed by atoms with E-state index in [4.69, 9.17) is 15.0 Å².